The Morgan fingerprint density at radius 3 is 3.00 bits per heavy atom. The van der Waals surface area contributed by atoms with Crippen molar-refractivity contribution < 1.29 is 18.7 Å². The van der Waals surface area contributed by atoms with Crippen LogP contribution < -0.4 is 0 Å². The first-order chi connectivity index (χ1) is 10.2. The number of hydrogen-bond donors (Lipinski definition) is 0. The van der Waals surface area contributed by atoms with Gasteiger partial charge in [-0.25, -0.2) is 0 Å². The lowest BCUT2D eigenvalue weighted by Gasteiger charge is -2.43. The predicted octanol–water partition coefficient (Wildman–Crippen LogP) is 0.729. The molecule has 0 N–H and O–H groups in total. The van der Waals surface area contributed by atoms with Crippen LogP contribution in [0.2, 0.25) is 0 Å². The van der Waals surface area contributed by atoms with E-state index in [0.29, 0.717) is 32.9 Å². The van der Waals surface area contributed by atoms with E-state index < -0.39 is 5.60 Å². The minimum Gasteiger partial charge on any atom is -0.468 e. The van der Waals surface area contributed by atoms with Gasteiger partial charge in [-0.15, -0.1) is 0 Å². The SMILES string of the molecule is CC(=O)N1CCOCC2(CN(Cc3ccco3)CCO2)C1. The molecule has 2 fully saturated rings. The van der Waals surface area contributed by atoms with Gasteiger partial charge in [-0.05, 0) is 12.1 Å². The summed E-state index contributed by atoms with van der Waals surface area (Å²) < 4.78 is 17.1. The second-order valence-electron chi connectivity index (χ2n) is 5.81. The van der Waals surface area contributed by atoms with E-state index in [1.807, 2.05) is 17.0 Å². The molecule has 21 heavy (non-hydrogen) atoms. The number of ether oxygens (including phenoxy) is 2. The van der Waals surface area contributed by atoms with E-state index in [1.54, 1.807) is 13.2 Å². The van der Waals surface area contributed by atoms with Crippen molar-refractivity contribution in [3.8, 4) is 0 Å². The highest BCUT2D eigenvalue weighted by molar-refractivity contribution is 5.73. The molecule has 6 nitrogen and oxygen atoms in total. The van der Waals surface area contributed by atoms with Gasteiger partial charge in [0.2, 0.25) is 5.91 Å². The Hall–Kier alpha value is -1.37. The summed E-state index contributed by atoms with van der Waals surface area (Å²) in [5, 5.41) is 0. The minimum absolute atomic E-state index is 0.0756. The Morgan fingerprint density at radius 1 is 1.33 bits per heavy atom. The summed E-state index contributed by atoms with van der Waals surface area (Å²) in [6, 6.07) is 3.88. The molecule has 0 radical (unpaired) electrons. The molecule has 2 saturated heterocycles. The molecule has 1 atom stereocenters. The molecule has 1 unspecified atom stereocenters. The van der Waals surface area contributed by atoms with E-state index in [2.05, 4.69) is 4.90 Å². The number of amides is 1. The molecule has 0 bridgehead atoms. The van der Waals surface area contributed by atoms with Gasteiger partial charge >= 0.3 is 0 Å². The number of carbonyl (C=O) groups excluding carboxylic acids is 1. The first kappa shape index (κ1) is 14.6. The fraction of sp³-hybridized carbons (Fsp3) is 0.667. The second-order valence-corrected chi connectivity index (χ2v) is 5.81. The van der Waals surface area contributed by atoms with Crippen molar-refractivity contribution in [1.82, 2.24) is 9.80 Å². The normalized spacial score (nSPS) is 27.8. The number of carbonyl (C=O) groups is 1. The zero-order valence-corrected chi connectivity index (χ0v) is 12.4. The summed E-state index contributed by atoms with van der Waals surface area (Å²) in [7, 11) is 0. The average molecular weight is 294 g/mol. The number of rotatable bonds is 2. The summed E-state index contributed by atoms with van der Waals surface area (Å²) in [4.78, 5) is 15.8. The maximum atomic E-state index is 11.7. The standard InChI is InChI=1S/C15H22N2O4/c1-13(18)17-5-7-19-12-15(11-17)10-16(4-8-21-15)9-14-3-2-6-20-14/h2-3,6H,4-5,7-12H2,1H3. The highest BCUT2D eigenvalue weighted by Crippen LogP contribution is 2.24. The second kappa shape index (κ2) is 6.17. The van der Waals surface area contributed by atoms with Gasteiger partial charge in [-0.3, -0.25) is 9.69 Å². The molecule has 3 rings (SSSR count). The summed E-state index contributed by atoms with van der Waals surface area (Å²) >= 11 is 0. The van der Waals surface area contributed by atoms with Crippen molar-refractivity contribution in [3.05, 3.63) is 24.2 Å². The van der Waals surface area contributed by atoms with Crippen LogP contribution >= 0.6 is 0 Å². The van der Waals surface area contributed by atoms with Gasteiger partial charge in [0, 0.05) is 26.6 Å². The minimum atomic E-state index is -0.424. The largest absolute Gasteiger partial charge is 0.468 e. The third kappa shape index (κ3) is 3.45. The lowest BCUT2D eigenvalue weighted by Crippen LogP contribution is -2.58. The number of furan rings is 1. The van der Waals surface area contributed by atoms with E-state index in [4.69, 9.17) is 13.9 Å². The Kier molecular flexibility index (Phi) is 4.28. The fourth-order valence-electron chi connectivity index (χ4n) is 3.04. The van der Waals surface area contributed by atoms with Gasteiger partial charge in [-0.1, -0.05) is 0 Å². The van der Waals surface area contributed by atoms with Crippen molar-refractivity contribution in [2.24, 2.45) is 0 Å². The van der Waals surface area contributed by atoms with Crippen LogP contribution in [0.1, 0.15) is 12.7 Å². The first-order valence-electron chi connectivity index (χ1n) is 7.39. The monoisotopic (exact) mass is 294 g/mol. The Labute approximate surface area is 124 Å². The predicted molar refractivity (Wildman–Crippen MR) is 75.7 cm³/mol. The molecule has 1 amide bonds. The molecule has 1 aromatic heterocycles. The van der Waals surface area contributed by atoms with Crippen LogP contribution in [0.3, 0.4) is 0 Å². The number of hydrogen-bond acceptors (Lipinski definition) is 5. The molecule has 0 aliphatic carbocycles. The van der Waals surface area contributed by atoms with Crippen molar-refractivity contribution in [2.75, 3.05) is 46.0 Å². The van der Waals surface area contributed by atoms with Gasteiger partial charge in [0.05, 0.1) is 39.2 Å². The van der Waals surface area contributed by atoms with Crippen molar-refractivity contribution >= 4 is 5.91 Å². The van der Waals surface area contributed by atoms with Gasteiger partial charge in [0.25, 0.3) is 0 Å². The van der Waals surface area contributed by atoms with Crippen LogP contribution in [0.25, 0.3) is 0 Å². The molecular formula is C15H22N2O4. The van der Waals surface area contributed by atoms with Crippen molar-refractivity contribution in [1.29, 1.82) is 0 Å². The van der Waals surface area contributed by atoms with Crippen LogP contribution in [-0.2, 0) is 20.8 Å². The van der Waals surface area contributed by atoms with E-state index in [1.165, 1.54) is 0 Å². The fourth-order valence-corrected chi connectivity index (χ4v) is 3.04. The van der Waals surface area contributed by atoms with E-state index in [0.717, 1.165) is 25.4 Å². The Morgan fingerprint density at radius 2 is 2.24 bits per heavy atom. The maximum Gasteiger partial charge on any atom is 0.219 e. The Bertz CT molecular complexity index is 476. The third-order valence-electron chi connectivity index (χ3n) is 4.08. The molecule has 2 aliphatic heterocycles. The lowest BCUT2D eigenvalue weighted by atomic mass is 10.0. The van der Waals surface area contributed by atoms with Crippen molar-refractivity contribution in [3.63, 3.8) is 0 Å². The molecule has 1 spiro atoms. The molecule has 6 heteroatoms. The van der Waals surface area contributed by atoms with Crippen LogP contribution in [-0.4, -0.2) is 67.3 Å². The Balaban J connectivity index is 1.69. The lowest BCUT2D eigenvalue weighted by molar-refractivity contribution is -0.151. The van der Waals surface area contributed by atoms with Crippen LogP contribution in [0.5, 0.6) is 0 Å². The van der Waals surface area contributed by atoms with E-state index in [-0.39, 0.29) is 5.91 Å². The van der Waals surface area contributed by atoms with Gasteiger partial charge in [0.15, 0.2) is 0 Å². The zero-order valence-electron chi connectivity index (χ0n) is 12.4. The average Bonchev–Trinajstić information content (AvgIpc) is 2.87. The summed E-state index contributed by atoms with van der Waals surface area (Å²) in [5.74, 6) is 1.02. The molecule has 116 valence electrons. The molecule has 0 aromatic carbocycles. The molecule has 1 aromatic rings. The van der Waals surface area contributed by atoms with E-state index >= 15 is 0 Å². The zero-order chi connectivity index (χ0) is 14.7. The van der Waals surface area contributed by atoms with Gasteiger partial charge in [0.1, 0.15) is 11.4 Å². The van der Waals surface area contributed by atoms with E-state index in [9.17, 15) is 4.79 Å². The van der Waals surface area contributed by atoms with Crippen LogP contribution in [0.4, 0.5) is 0 Å². The van der Waals surface area contributed by atoms with Crippen LogP contribution in [0, 0.1) is 0 Å². The van der Waals surface area contributed by atoms with Crippen LogP contribution in [0.15, 0.2) is 22.8 Å². The molecule has 0 saturated carbocycles. The summed E-state index contributed by atoms with van der Waals surface area (Å²) in [6.45, 7) is 6.96. The van der Waals surface area contributed by atoms with Crippen molar-refractivity contribution in [2.45, 2.75) is 19.1 Å². The number of nitrogens with zero attached hydrogens (tertiary/aromatic N) is 2. The quantitative estimate of drug-likeness (QED) is 0.805. The summed E-state index contributed by atoms with van der Waals surface area (Å²) in [5.41, 5.74) is -0.424. The third-order valence-corrected chi connectivity index (χ3v) is 4.08. The summed E-state index contributed by atoms with van der Waals surface area (Å²) in [6.07, 6.45) is 1.69. The van der Waals surface area contributed by atoms with Gasteiger partial charge in [-0.2, -0.15) is 0 Å². The smallest absolute Gasteiger partial charge is 0.219 e. The first-order valence-corrected chi connectivity index (χ1v) is 7.39. The molecule has 2 aliphatic rings. The highest BCUT2D eigenvalue weighted by atomic mass is 16.5. The topological polar surface area (TPSA) is 55.2 Å². The maximum absolute atomic E-state index is 11.7. The highest BCUT2D eigenvalue weighted by Gasteiger charge is 2.41. The van der Waals surface area contributed by atoms with Gasteiger partial charge < -0.3 is 18.8 Å². The number of morpholine rings is 1. The molecular weight excluding hydrogens is 272 g/mol. The molecule has 3 heterocycles.